The Kier molecular flexibility index (Phi) is 7.93. The molecule has 0 saturated carbocycles. The number of hydrogen-bond acceptors (Lipinski definition) is 3. The fraction of sp³-hybridized carbons (Fsp3) is 0.133. The van der Waals surface area contributed by atoms with Crippen LogP contribution in [0.25, 0.3) is 22.3 Å². The van der Waals surface area contributed by atoms with Crippen LogP contribution in [0.15, 0.2) is 91.0 Å². The molecule has 7 heteroatoms. The second kappa shape index (κ2) is 11.5. The molecule has 5 nitrogen and oxygen atoms in total. The van der Waals surface area contributed by atoms with E-state index < -0.39 is 12.1 Å². The van der Waals surface area contributed by atoms with E-state index in [9.17, 15) is 18.4 Å². The fourth-order valence-electron chi connectivity index (χ4n) is 3.86. The van der Waals surface area contributed by atoms with E-state index >= 15 is 0 Å². The molecule has 2 N–H and O–H groups in total. The molecule has 4 rings (SSSR count). The van der Waals surface area contributed by atoms with Crippen molar-refractivity contribution in [1.29, 1.82) is 0 Å². The lowest BCUT2D eigenvalue weighted by Gasteiger charge is -2.19. The van der Waals surface area contributed by atoms with E-state index in [-0.39, 0.29) is 30.5 Å². The van der Waals surface area contributed by atoms with Gasteiger partial charge in [-0.3, -0.25) is 9.59 Å². The first-order valence-corrected chi connectivity index (χ1v) is 11.7. The van der Waals surface area contributed by atoms with Crippen LogP contribution < -0.4 is 10.1 Å². The highest BCUT2D eigenvalue weighted by Crippen LogP contribution is 2.37. The van der Waals surface area contributed by atoms with Crippen molar-refractivity contribution in [3.8, 4) is 28.0 Å². The third-order valence-corrected chi connectivity index (χ3v) is 5.88. The zero-order valence-corrected chi connectivity index (χ0v) is 20.1. The molecule has 37 heavy (non-hydrogen) atoms. The van der Waals surface area contributed by atoms with E-state index in [1.807, 2.05) is 25.1 Å². The van der Waals surface area contributed by atoms with Gasteiger partial charge in [0.2, 0.25) is 0 Å². The Morgan fingerprint density at radius 2 is 1.38 bits per heavy atom. The summed E-state index contributed by atoms with van der Waals surface area (Å²) >= 11 is 0. The second-order valence-electron chi connectivity index (χ2n) is 8.51. The lowest BCUT2D eigenvalue weighted by Crippen LogP contribution is -2.25. The van der Waals surface area contributed by atoms with E-state index in [2.05, 4.69) is 5.32 Å². The first kappa shape index (κ1) is 25.6. The molecule has 0 heterocycles. The third kappa shape index (κ3) is 6.58. The number of ether oxygens (including phenoxy) is 1. The topological polar surface area (TPSA) is 75.6 Å². The minimum Gasteiger partial charge on any atom is -0.485 e. The van der Waals surface area contributed by atoms with Gasteiger partial charge >= 0.3 is 5.97 Å². The molecular weight excluding hydrogens is 476 g/mol. The molecule has 4 aromatic rings. The minimum absolute atomic E-state index is 0.0476. The lowest BCUT2D eigenvalue weighted by molar-refractivity contribution is -0.136. The van der Waals surface area contributed by atoms with Crippen molar-refractivity contribution in [3.05, 3.63) is 114 Å². The quantitative estimate of drug-likeness (QED) is 0.270. The highest BCUT2D eigenvalue weighted by atomic mass is 19.1. The zero-order valence-electron chi connectivity index (χ0n) is 20.1. The number of amides is 1. The Morgan fingerprint density at radius 3 is 1.97 bits per heavy atom. The number of carbonyl (C=O) groups is 2. The normalized spacial score (nSPS) is 11.5. The van der Waals surface area contributed by atoms with E-state index in [0.29, 0.717) is 11.3 Å². The Hall–Kier alpha value is -4.52. The summed E-state index contributed by atoms with van der Waals surface area (Å²) < 4.78 is 33.3. The maximum Gasteiger partial charge on any atom is 0.305 e. The smallest absolute Gasteiger partial charge is 0.305 e. The van der Waals surface area contributed by atoms with Gasteiger partial charge in [-0.1, -0.05) is 48.5 Å². The number of rotatable bonds is 9. The van der Waals surface area contributed by atoms with Crippen LogP contribution >= 0.6 is 0 Å². The van der Waals surface area contributed by atoms with E-state index in [1.54, 1.807) is 48.5 Å². The van der Waals surface area contributed by atoms with Crippen LogP contribution in [0.2, 0.25) is 0 Å². The van der Waals surface area contributed by atoms with Gasteiger partial charge in [-0.25, -0.2) is 8.78 Å². The summed E-state index contributed by atoms with van der Waals surface area (Å²) in [6.07, 6.45) is -0.547. The predicted octanol–water partition coefficient (Wildman–Crippen LogP) is 6.64. The number of carbonyl (C=O) groups excluding carboxylic acids is 1. The molecule has 4 aromatic carbocycles. The van der Waals surface area contributed by atoms with Crippen molar-refractivity contribution in [1.82, 2.24) is 5.32 Å². The molecule has 0 bridgehead atoms. The number of benzene rings is 4. The minimum atomic E-state index is -0.981. The number of carboxylic acid groups (broad SMARTS) is 1. The maximum atomic E-state index is 13.5. The van der Waals surface area contributed by atoms with Gasteiger partial charge in [-0.2, -0.15) is 0 Å². The van der Waals surface area contributed by atoms with Crippen molar-refractivity contribution < 1.29 is 28.2 Å². The molecule has 0 spiro atoms. The summed E-state index contributed by atoms with van der Waals surface area (Å²) in [5, 5.41) is 11.3. The summed E-state index contributed by atoms with van der Waals surface area (Å²) in [5.74, 6) is -1.43. The summed E-state index contributed by atoms with van der Waals surface area (Å²) in [7, 11) is 0. The SMILES string of the molecule is CC(Oc1cc(-c2ccc(F)cc2)ccc1-c1ccc(F)cc1)c1ccc(C(=O)NCCC(=O)O)cc1. The van der Waals surface area contributed by atoms with Crippen molar-refractivity contribution in [2.24, 2.45) is 0 Å². The van der Waals surface area contributed by atoms with Crippen LogP contribution in [-0.4, -0.2) is 23.5 Å². The maximum absolute atomic E-state index is 13.5. The molecule has 188 valence electrons. The van der Waals surface area contributed by atoms with Gasteiger partial charge in [-0.15, -0.1) is 0 Å². The number of aliphatic carboxylic acids is 1. The second-order valence-corrected chi connectivity index (χ2v) is 8.51. The summed E-state index contributed by atoms with van der Waals surface area (Å²) in [5.41, 5.74) is 4.44. The Morgan fingerprint density at radius 1 is 0.811 bits per heavy atom. The summed E-state index contributed by atoms with van der Waals surface area (Å²) in [4.78, 5) is 22.9. The van der Waals surface area contributed by atoms with Gasteiger partial charge in [0, 0.05) is 17.7 Å². The van der Waals surface area contributed by atoms with Crippen LogP contribution in [0.1, 0.15) is 35.4 Å². The highest BCUT2D eigenvalue weighted by Gasteiger charge is 2.15. The first-order valence-electron chi connectivity index (χ1n) is 11.7. The monoisotopic (exact) mass is 501 g/mol. The lowest BCUT2D eigenvalue weighted by atomic mass is 9.98. The molecule has 0 aromatic heterocycles. The first-order chi connectivity index (χ1) is 17.8. The van der Waals surface area contributed by atoms with Crippen molar-refractivity contribution >= 4 is 11.9 Å². The molecule has 1 amide bonds. The largest absolute Gasteiger partial charge is 0.485 e. The molecule has 0 aliphatic heterocycles. The van der Waals surface area contributed by atoms with Crippen LogP contribution in [0.3, 0.4) is 0 Å². The van der Waals surface area contributed by atoms with Crippen LogP contribution in [0.4, 0.5) is 8.78 Å². The zero-order chi connectivity index (χ0) is 26.4. The third-order valence-electron chi connectivity index (χ3n) is 5.88. The molecule has 1 unspecified atom stereocenters. The van der Waals surface area contributed by atoms with Gasteiger partial charge in [0.1, 0.15) is 23.5 Å². The number of carboxylic acids is 1. The van der Waals surface area contributed by atoms with E-state index in [0.717, 1.165) is 27.8 Å². The molecule has 0 saturated heterocycles. The predicted molar refractivity (Wildman–Crippen MR) is 137 cm³/mol. The molecule has 0 aliphatic carbocycles. The molecule has 0 radical (unpaired) electrons. The number of nitrogens with one attached hydrogen (secondary N) is 1. The Balaban J connectivity index is 1.58. The average molecular weight is 502 g/mol. The van der Waals surface area contributed by atoms with Crippen LogP contribution in [0, 0.1) is 11.6 Å². The van der Waals surface area contributed by atoms with E-state index in [1.165, 1.54) is 24.3 Å². The Bertz CT molecular complexity index is 1390. The molecular formula is C30H25F2NO4. The van der Waals surface area contributed by atoms with E-state index in [4.69, 9.17) is 9.84 Å². The van der Waals surface area contributed by atoms with Gasteiger partial charge < -0.3 is 15.2 Å². The number of hydrogen-bond donors (Lipinski definition) is 2. The average Bonchev–Trinajstić information content (AvgIpc) is 2.89. The van der Waals surface area contributed by atoms with Crippen molar-refractivity contribution in [2.75, 3.05) is 6.54 Å². The van der Waals surface area contributed by atoms with Gasteiger partial charge in [0.25, 0.3) is 5.91 Å². The highest BCUT2D eigenvalue weighted by molar-refractivity contribution is 5.94. The molecule has 0 fully saturated rings. The van der Waals surface area contributed by atoms with Crippen LogP contribution in [0.5, 0.6) is 5.75 Å². The standard InChI is InChI=1S/C30H25F2NO4/c1-19(20-2-4-23(5-3-20)30(36)33-17-16-29(34)35)37-28-18-24(21-6-11-25(31)12-7-21)10-15-27(28)22-8-13-26(32)14-9-22/h2-15,18-19H,16-17H2,1H3,(H,33,36)(H,34,35). The molecule has 0 aliphatic rings. The summed E-state index contributed by atoms with van der Waals surface area (Å²) in [6, 6.07) is 24.8. The van der Waals surface area contributed by atoms with Crippen LogP contribution in [-0.2, 0) is 4.79 Å². The Labute approximate surface area is 213 Å². The fourth-order valence-corrected chi connectivity index (χ4v) is 3.86. The van der Waals surface area contributed by atoms with Gasteiger partial charge in [-0.05, 0) is 71.6 Å². The van der Waals surface area contributed by atoms with Gasteiger partial charge in [0.15, 0.2) is 0 Å². The molecule has 1 atom stereocenters. The van der Waals surface area contributed by atoms with Gasteiger partial charge in [0.05, 0.1) is 6.42 Å². The number of halogens is 2. The van der Waals surface area contributed by atoms with Crippen molar-refractivity contribution in [3.63, 3.8) is 0 Å². The van der Waals surface area contributed by atoms with Crippen molar-refractivity contribution in [2.45, 2.75) is 19.4 Å². The summed E-state index contributed by atoms with van der Waals surface area (Å²) in [6.45, 7) is 1.92.